The SMILES string of the molecule is CCOc1ccc(Nc2ccc(Cl)cc2/C=N\NC(=O)C(=O)Nc2nccs2)cc1. The summed E-state index contributed by atoms with van der Waals surface area (Å²) in [5.74, 6) is -0.995. The molecule has 0 aliphatic heterocycles. The van der Waals surface area contributed by atoms with Crippen molar-refractivity contribution in [1.82, 2.24) is 10.4 Å². The van der Waals surface area contributed by atoms with E-state index in [1.165, 1.54) is 23.7 Å². The van der Waals surface area contributed by atoms with Crippen molar-refractivity contribution < 1.29 is 14.3 Å². The largest absolute Gasteiger partial charge is 0.494 e. The molecule has 2 aromatic carbocycles. The summed E-state index contributed by atoms with van der Waals surface area (Å²) in [6.45, 7) is 2.52. The molecular formula is C20H18ClN5O3S. The van der Waals surface area contributed by atoms with E-state index in [0.29, 0.717) is 28.0 Å². The van der Waals surface area contributed by atoms with E-state index in [9.17, 15) is 9.59 Å². The first-order chi connectivity index (χ1) is 14.5. The van der Waals surface area contributed by atoms with E-state index in [-0.39, 0.29) is 0 Å². The molecule has 0 atom stereocenters. The number of benzene rings is 2. The molecule has 10 heteroatoms. The average Bonchev–Trinajstić information content (AvgIpc) is 3.24. The zero-order chi connectivity index (χ0) is 21.3. The van der Waals surface area contributed by atoms with Crippen molar-refractivity contribution in [3.63, 3.8) is 0 Å². The van der Waals surface area contributed by atoms with Crippen molar-refractivity contribution in [2.24, 2.45) is 5.10 Å². The molecule has 154 valence electrons. The second kappa shape index (κ2) is 10.4. The zero-order valence-electron chi connectivity index (χ0n) is 15.9. The molecule has 2 amide bonds. The Balaban J connectivity index is 1.65. The van der Waals surface area contributed by atoms with Crippen molar-refractivity contribution in [2.75, 3.05) is 17.2 Å². The maximum absolute atomic E-state index is 11.9. The van der Waals surface area contributed by atoms with E-state index in [2.05, 4.69) is 26.1 Å². The summed E-state index contributed by atoms with van der Waals surface area (Å²) >= 11 is 7.29. The second-order valence-corrected chi connectivity index (χ2v) is 7.14. The summed E-state index contributed by atoms with van der Waals surface area (Å²) in [6.07, 6.45) is 2.92. The molecule has 0 aliphatic carbocycles. The standard InChI is InChI=1S/C20H18ClN5O3S/c1-2-29-16-6-4-15(5-7-16)24-17-8-3-14(21)11-13(17)12-23-26-19(28)18(27)25-20-22-9-10-30-20/h3-12,24H,2H2,1H3,(H,26,28)(H,22,25,27)/b23-12-. The lowest BCUT2D eigenvalue weighted by molar-refractivity contribution is -0.136. The lowest BCUT2D eigenvalue weighted by Crippen LogP contribution is -2.32. The molecule has 3 rings (SSSR count). The van der Waals surface area contributed by atoms with Crippen LogP contribution in [-0.2, 0) is 9.59 Å². The van der Waals surface area contributed by atoms with Crippen LogP contribution in [0.25, 0.3) is 0 Å². The van der Waals surface area contributed by atoms with Crippen molar-refractivity contribution in [3.8, 4) is 5.75 Å². The number of nitrogens with one attached hydrogen (secondary N) is 3. The van der Waals surface area contributed by atoms with Gasteiger partial charge in [-0.15, -0.1) is 11.3 Å². The maximum Gasteiger partial charge on any atom is 0.329 e. The van der Waals surface area contributed by atoms with Crippen LogP contribution in [0.3, 0.4) is 0 Å². The molecule has 0 unspecified atom stereocenters. The van der Waals surface area contributed by atoms with Crippen molar-refractivity contribution in [3.05, 3.63) is 64.6 Å². The Morgan fingerprint density at radius 1 is 1.20 bits per heavy atom. The van der Waals surface area contributed by atoms with Crippen LogP contribution >= 0.6 is 22.9 Å². The average molecular weight is 444 g/mol. The first-order valence-electron chi connectivity index (χ1n) is 8.88. The van der Waals surface area contributed by atoms with Gasteiger partial charge in [0, 0.05) is 33.5 Å². The van der Waals surface area contributed by atoms with E-state index in [1.54, 1.807) is 23.6 Å². The number of hydrazone groups is 1. The topological polar surface area (TPSA) is 105 Å². The Kier molecular flexibility index (Phi) is 7.36. The molecule has 8 nitrogen and oxygen atoms in total. The zero-order valence-corrected chi connectivity index (χ0v) is 17.5. The van der Waals surface area contributed by atoms with Crippen molar-refractivity contribution in [2.45, 2.75) is 6.92 Å². The Labute approximate surface area is 181 Å². The Morgan fingerprint density at radius 2 is 2.00 bits per heavy atom. The van der Waals surface area contributed by atoms with Crippen LogP contribution in [0, 0.1) is 0 Å². The van der Waals surface area contributed by atoms with E-state index in [0.717, 1.165) is 11.4 Å². The van der Waals surface area contributed by atoms with Gasteiger partial charge in [-0.2, -0.15) is 5.10 Å². The van der Waals surface area contributed by atoms with Crippen molar-refractivity contribution >= 4 is 57.5 Å². The number of thiazole rings is 1. The van der Waals surface area contributed by atoms with Gasteiger partial charge < -0.3 is 10.1 Å². The molecule has 0 spiro atoms. The van der Waals surface area contributed by atoms with E-state index >= 15 is 0 Å². The lowest BCUT2D eigenvalue weighted by Gasteiger charge is -2.11. The van der Waals surface area contributed by atoms with Gasteiger partial charge in [0.15, 0.2) is 5.13 Å². The van der Waals surface area contributed by atoms with E-state index < -0.39 is 11.8 Å². The summed E-state index contributed by atoms with van der Waals surface area (Å²) in [5.41, 5.74) is 4.36. The van der Waals surface area contributed by atoms with Gasteiger partial charge in [-0.05, 0) is 49.4 Å². The highest BCUT2D eigenvalue weighted by Crippen LogP contribution is 2.24. The Bertz CT molecular complexity index is 1040. The molecule has 0 fully saturated rings. The highest BCUT2D eigenvalue weighted by atomic mass is 35.5. The van der Waals surface area contributed by atoms with Gasteiger partial charge in [-0.1, -0.05) is 11.6 Å². The third-order valence-corrected chi connectivity index (χ3v) is 4.61. The number of ether oxygens (including phenoxy) is 1. The third-order valence-electron chi connectivity index (χ3n) is 3.69. The number of anilines is 3. The highest BCUT2D eigenvalue weighted by Gasteiger charge is 2.14. The minimum absolute atomic E-state index is 0.329. The molecule has 3 aromatic rings. The number of carbonyl (C=O) groups is 2. The monoisotopic (exact) mass is 443 g/mol. The molecule has 0 aliphatic rings. The van der Waals surface area contributed by atoms with Crippen LogP contribution in [0.1, 0.15) is 12.5 Å². The van der Waals surface area contributed by atoms with Gasteiger partial charge in [0.1, 0.15) is 5.75 Å². The number of nitrogens with zero attached hydrogens (tertiary/aromatic N) is 2. The van der Waals surface area contributed by atoms with Crippen molar-refractivity contribution in [1.29, 1.82) is 0 Å². The molecule has 0 saturated carbocycles. The lowest BCUT2D eigenvalue weighted by atomic mass is 10.2. The molecule has 0 radical (unpaired) electrons. The number of halogens is 1. The fourth-order valence-corrected chi connectivity index (χ4v) is 3.07. The number of rotatable bonds is 7. The Hall–Kier alpha value is -3.43. The second-order valence-electron chi connectivity index (χ2n) is 5.80. The maximum atomic E-state index is 11.9. The fraction of sp³-hybridized carbons (Fsp3) is 0.100. The quantitative estimate of drug-likeness (QED) is 0.290. The van der Waals surface area contributed by atoms with Gasteiger partial charge in [0.05, 0.1) is 12.8 Å². The van der Waals surface area contributed by atoms with Gasteiger partial charge in [0.25, 0.3) is 0 Å². The summed E-state index contributed by atoms with van der Waals surface area (Å²) < 4.78 is 5.44. The number of amides is 2. The molecule has 1 heterocycles. The summed E-state index contributed by atoms with van der Waals surface area (Å²) in [6, 6.07) is 12.7. The molecule has 30 heavy (non-hydrogen) atoms. The van der Waals surface area contributed by atoms with Crippen LogP contribution < -0.4 is 20.8 Å². The van der Waals surface area contributed by atoms with E-state index in [1.807, 2.05) is 31.2 Å². The number of aromatic nitrogens is 1. The van der Waals surface area contributed by atoms with Gasteiger partial charge >= 0.3 is 11.8 Å². The molecule has 0 bridgehead atoms. The van der Waals surface area contributed by atoms with Crippen LogP contribution in [0.15, 0.2) is 59.1 Å². The van der Waals surface area contributed by atoms with Gasteiger partial charge in [-0.3, -0.25) is 14.9 Å². The predicted octanol–water partition coefficient (Wildman–Crippen LogP) is 4.03. The van der Waals surface area contributed by atoms with Gasteiger partial charge in [0.2, 0.25) is 0 Å². The first kappa shape index (κ1) is 21.3. The highest BCUT2D eigenvalue weighted by molar-refractivity contribution is 7.13. The van der Waals surface area contributed by atoms with Crippen LogP contribution in [0.5, 0.6) is 5.75 Å². The molecule has 1 aromatic heterocycles. The van der Waals surface area contributed by atoms with Crippen LogP contribution in [-0.4, -0.2) is 29.6 Å². The van der Waals surface area contributed by atoms with Gasteiger partial charge in [-0.25, -0.2) is 10.4 Å². The Morgan fingerprint density at radius 3 is 2.70 bits per heavy atom. The molecular weight excluding hydrogens is 426 g/mol. The molecule has 3 N–H and O–H groups in total. The summed E-state index contributed by atoms with van der Waals surface area (Å²) in [4.78, 5) is 27.6. The minimum atomic E-state index is -0.912. The summed E-state index contributed by atoms with van der Waals surface area (Å²) in [5, 5.41) is 12.0. The minimum Gasteiger partial charge on any atom is -0.494 e. The number of carbonyl (C=O) groups excluding carboxylic acids is 2. The number of hydrogen-bond donors (Lipinski definition) is 3. The smallest absolute Gasteiger partial charge is 0.329 e. The van der Waals surface area contributed by atoms with E-state index in [4.69, 9.17) is 16.3 Å². The third kappa shape index (κ3) is 6.03. The predicted molar refractivity (Wildman–Crippen MR) is 119 cm³/mol. The van der Waals surface area contributed by atoms with Crippen LogP contribution in [0.4, 0.5) is 16.5 Å². The van der Waals surface area contributed by atoms with Crippen LogP contribution in [0.2, 0.25) is 5.02 Å². The number of hydrogen-bond acceptors (Lipinski definition) is 7. The fourth-order valence-electron chi connectivity index (χ4n) is 2.36. The normalized spacial score (nSPS) is 10.6. The molecule has 0 saturated heterocycles. The summed E-state index contributed by atoms with van der Waals surface area (Å²) in [7, 11) is 0. The first-order valence-corrected chi connectivity index (χ1v) is 10.1.